The SMILES string of the molecule is CCCCC(C)(CCCC)OC(=O)CCC(=O)OC(C)(CCCC)CCCC. The molecule has 166 valence electrons. The van der Waals surface area contributed by atoms with E-state index < -0.39 is 11.2 Å². The molecule has 0 N–H and O–H groups in total. The normalized spacial score (nSPS) is 12.1. The van der Waals surface area contributed by atoms with Gasteiger partial charge in [-0.2, -0.15) is 0 Å². The molecule has 0 saturated carbocycles. The summed E-state index contributed by atoms with van der Waals surface area (Å²) in [5, 5.41) is 0. The summed E-state index contributed by atoms with van der Waals surface area (Å²) in [6.07, 6.45) is 12.2. The van der Waals surface area contributed by atoms with Crippen LogP contribution in [0.15, 0.2) is 0 Å². The van der Waals surface area contributed by atoms with Crippen molar-refractivity contribution in [2.75, 3.05) is 0 Å². The molecule has 4 nitrogen and oxygen atoms in total. The van der Waals surface area contributed by atoms with Gasteiger partial charge < -0.3 is 9.47 Å². The van der Waals surface area contributed by atoms with Crippen LogP contribution in [0.1, 0.15) is 131 Å². The summed E-state index contributed by atoms with van der Waals surface area (Å²) in [5.41, 5.74) is -0.826. The molecular weight excluding hydrogens is 352 g/mol. The van der Waals surface area contributed by atoms with Gasteiger partial charge in [-0.25, -0.2) is 0 Å². The highest BCUT2D eigenvalue weighted by atomic mass is 16.6. The van der Waals surface area contributed by atoms with Crippen molar-refractivity contribution in [3.8, 4) is 0 Å². The van der Waals surface area contributed by atoms with E-state index in [0.29, 0.717) is 0 Å². The lowest BCUT2D eigenvalue weighted by molar-refractivity contribution is -0.167. The summed E-state index contributed by atoms with van der Waals surface area (Å²) in [7, 11) is 0. The predicted molar refractivity (Wildman–Crippen MR) is 116 cm³/mol. The van der Waals surface area contributed by atoms with Crippen LogP contribution in [0.25, 0.3) is 0 Å². The van der Waals surface area contributed by atoms with Gasteiger partial charge in [0.2, 0.25) is 0 Å². The van der Waals surface area contributed by atoms with Crippen molar-refractivity contribution in [1.29, 1.82) is 0 Å². The minimum atomic E-state index is -0.413. The summed E-state index contributed by atoms with van der Waals surface area (Å²) >= 11 is 0. The molecular formula is C24H46O4. The summed E-state index contributed by atoms with van der Waals surface area (Å²) in [5.74, 6) is -0.564. The van der Waals surface area contributed by atoms with Crippen LogP contribution in [0.2, 0.25) is 0 Å². The first kappa shape index (κ1) is 26.9. The molecule has 0 aromatic carbocycles. The monoisotopic (exact) mass is 398 g/mol. The molecule has 0 aliphatic heterocycles. The molecule has 0 aliphatic carbocycles. The average Bonchev–Trinajstić information content (AvgIpc) is 2.66. The van der Waals surface area contributed by atoms with Gasteiger partial charge in [0.1, 0.15) is 11.2 Å². The van der Waals surface area contributed by atoms with E-state index in [2.05, 4.69) is 27.7 Å². The predicted octanol–water partition coefficient (Wildman–Crippen LogP) is 7.13. The first-order valence-corrected chi connectivity index (χ1v) is 11.7. The molecule has 0 spiro atoms. The number of unbranched alkanes of at least 4 members (excludes halogenated alkanes) is 4. The highest BCUT2D eigenvalue weighted by molar-refractivity contribution is 5.78. The van der Waals surface area contributed by atoms with Gasteiger partial charge in [-0.15, -0.1) is 0 Å². The van der Waals surface area contributed by atoms with Crippen molar-refractivity contribution < 1.29 is 19.1 Å². The Labute approximate surface area is 174 Å². The fraction of sp³-hybridized carbons (Fsp3) is 0.917. The fourth-order valence-electron chi connectivity index (χ4n) is 3.51. The molecule has 0 aromatic rings. The Hall–Kier alpha value is -1.06. The summed E-state index contributed by atoms with van der Waals surface area (Å²) in [6, 6.07) is 0. The Morgan fingerprint density at radius 3 is 1.04 bits per heavy atom. The van der Waals surface area contributed by atoms with E-state index in [1.165, 1.54) is 0 Å². The maximum atomic E-state index is 12.4. The number of esters is 2. The van der Waals surface area contributed by atoms with Gasteiger partial charge in [0.15, 0.2) is 0 Å². The fourth-order valence-corrected chi connectivity index (χ4v) is 3.51. The van der Waals surface area contributed by atoms with Gasteiger partial charge in [-0.1, -0.05) is 53.4 Å². The van der Waals surface area contributed by atoms with Gasteiger partial charge in [0.25, 0.3) is 0 Å². The maximum absolute atomic E-state index is 12.4. The highest BCUT2D eigenvalue weighted by Gasteiger charge is 2.30. The van der Waals surface area contributed by atoms with Crippen LogP contribution in [-0.4, -0.2) is 23.1 Å². The van der Waals surface area contributed by atoms with Crippen molar-refractivity contribution in [1.82, 2.24) is 0 Å². The van der Waals surface area contributed by atoms with Crippen LogP contribution in [-0.2, 0) is 19.1 Å². The third-order valence-corrected chi connectivity index (χ3v) is 5.49. The lowest BCUT2D eigenvalue weighted by Gasteiger charge is -2.31. The zero-order chi connectivity index (χ0) is 21.5. The topological polar surface area (TPSA) is 52.6 Å². The standard InChI is InChI=1S/C24H46O4/c1-7-11-17-23(5,18-12-8-2)27-21(25)15-16-22(26)28-24(6,19-13-9-3)20-14-10-4/h7-20H2,1-6H3. The zero-order valence-electron chi connectivity index (χ0n) is 19.5. The summed E-state index contributed by atoms with van der Waals surface area (Å²) in [4.78, 5) is 24.7. The van der Waals surface area contributed by atoms with Crippen molar-refractivity contribution >= 4 is 11.9 Å². The Balaban J connectivity index is 4.60. The summed E-state index contributed by atoms with van der Waals surface area (Å²) in [6.45, 7) is 12.6. The molecule has 28 heavy (non-hydrogen) atoms. The molecule has 0 amide bonds. The van der Waals surface area contributed by atoms with Crippen LogP contribution in [0.4, 0.5) is 0 Å². The number of hydrogen-bond donors (Lipinski definition) is 0. The molecule has 0 aromatic heterocycles. The van der Waals surface area contributed by atoms with E-state index in [9.17, 15) is 9.59 Å². The van der Waals surface area contributed by atoms with Crippen LogP contribution >= 0.6 is 0 Å². The Bertz CT molecular complexity index is 374. The van der Waals surface area contributed by atoms with Crippen molar-refractivity contribution in [3.05, 3.63) is 0 Å². The molecule has 0 rings (SSSR count). The first-order chi connectivity index (χ1) is 13.2. The lowest BCUT2D eigenvalue weighted by Crippen LogP contribution is -2.33. The van der Waals surface area contributed by atoms with E-state index in [1.807, 2.05) is 13.8 Å². The van der Waals surface area contributed by atoms with Gasteiger partial charge >= 0.3 is 11.9 Å². The van der Waals surface area contributed by atoms with E-state index in [0.717, 1.165) is 77.0 Å². The highest BCUT2D eigenvalue weighted by Crippen LogP contribution is 2.28. The van der Waals surface area contributed by atoms with Gasteiger partial charge in [-0.05, 0) is 65.2 Å². The Morgan fingerprint density at radius 1 is 0.571 bits per heavy atom. The minimum absolute atomic E-state index is 0.101. The zero-order valence-corrected chi connectivity index (χ0v) is 19.5. The number of carbonyl (C=O) groups excluding carboxylic acids is 2. The average molecular weight is 399 g/mol. The Morgan fingerprint density at radius 2 is 0.821 bits per heavy atom. The van der Waals surface area contributed by atoms with E-state index in [1.54, 1.807) is 0 Å². The van der Waals surface area contributed by atoms with Crippen LogP contribution in [0, 0.1) is 0 Å². The van der Waals surface area contributed by atoms with Crippen molar-refractivity contribution in [2.45, 2.75) is 143 Å². The Kier molecular flexibility index (Phi) is 14.3. The molecule has 0 bridgehead atoms. The second-order valence-corrected chi connectivity index (χ2v) is 8.76. The largest absolute Gasteiger partial charge is 0.459 e. The molecule has 0 atom stereocenters. The number of ether oxygens (including phenoxy) is 2. The van der Waals surface area contributed by atoms with Crippen LogP contribution in [0.5, 0.6) is 0 Å². The van der Waals surface area contributed by atoms with Gasteiger partial charge in [0.05, 0.1) is 12.8 Å². The molecule has 4 heteroatoms. The summed E-state index contributed by atoms with van der Waals surface area (Å²) < 4.78 is 11.6. The first-order valence-electron chi connectivity index (χ1n) is 11.7. The molecule has 0 unspecified atom stereocenters. The van der Waals surface area contributed by atoms with E-state index in [4.69, 9.17) is 9.47 Å². The van der Waals surface area contributed by atoms with Gasteiger partial charge in [-0.3, -0.25) is 9.59 Å². The lowest BCUT2D eigenvalue weighted by atomic mass is 9.92. The molecule has 0 heterocycles. The third-order valence-electron chi connectivity index (χ3n) is 5.49. The van der Waals surface area contributed by atoms with Gasteiger partial charge in [0, 0.05) is 0 Å². The molecule has 0 aliphatic rings. The quantitative estimate of drug-likeness (QED) is 0.244. The maximum Gasteiger partial charge on any atom is 0.306 e. The van der Waals surface area contributed by atoms with Crippen molar-refractivity contribution in [3.63, 3.8) is 0 Å². The number of carbonyl (C=O) groups is 2. The number of hydrogen-bond acceptors (Lipinski definition) is 4. The molecule has 0 fully saturated rings. The second kappa shape index (κ2) is 14.9. The minimum Gasteiger partial charge on any atom is -0.459 e. The molecule has 0 radical (unpaired) electrons. The second-order valence-electron chi connectivity index (χ2n) is 8.76. The third kappa shape index (κ3) is 12.4. The molecule has 0 saturated heterocycles. The van der Waals surface area contributed by atoms with E-state index >= 15 is 0 Å². The van der Waals surface area contributed by atoms with Crippen LogP contribution < -0.4 is 0 Å². The van der Waals surface area contributed by atoms with Crippen LogP contribution in [0.3, 0.4) is 0 Å². The number of rotatable bonds is 17. The van der Waals surface area contributed by atoms with Crippen molar-refractivity contribution in [2.24, 2.45) is 0 Å². The van der Waals surface area contributed by atoms with E-state index in [-0.39, 0.29) is 24.8 Å². The smallest absolute Gasteiger partial charge is 0.306 e.